The summed E-state index contributed by atoms with van der Waals surface area (Å²) in [5, 5.41) is 14.0. The molecule has 1 N–H and O–H groups in total. The van der Waals surface area contributed by atoms with Gasteiger partial charge in [0.05, 0.1) is 24.8 Å². The van der Waals surface area contributed by atoms with Crippen LogP contribution in [0.3, 0.4) is 0 Å². The minimum atomic E-state index is -0.592. The largest absolute Gasteiger partial charge is 0.497 e. The summed E-state index contributed by atoms with van der Waals surface area (Å²) in [5.74, 6) is 0.903. The molecule has 1 aromatic heterocycles. The third-order valence-electron chi connectivity index (χ3n) is 4.77. The molecule has 0 saturated carbocycles. The number of benzene rings is 1. The number of carbonyl (C=O) groups is 1. The van der Waals surface area contributed by atoms with Crippen molar-refractivity contribution in [1.82, 2.24) is 9.97 Å². The van der Waals surface area contributed by atoms with E-state index in [4.69, 9.17) is 21.1 Å². The van der Waals surface area contributed by atoms with Gasteiger partial charge in [-0.2, -0.15) is 0 Å². The molecule has 0 spiro atoms. The zero-order valence-corrected chi connectivity index (χ0v) is 16.7. The van der Waals surface area contributed by atoms with Gasteiger partial charge < -0.3 is 19.7 Å². The van der Waals surface area contributed by atoms with Crippen LogP contribution in [-0.4, -0.2) is 48.1 Å². The molecule has 0 radical (unpaired) electrons. The lowest BCUT2D eigenvalue weighted by Gasteiger charge is -2.31. The lowest BCUT2D eigenvalue weighted by Crippen LogP contribution is -2.39. The minimum Gasteiger partial charge on any atom is -0.497 e. The number of halogens is 1. The van der Waals surface area contributed by atoms with Crippen LogP contribution in [0.1, 0.15) is 12.8 Å². The van der Waals surface area contributed by atoms with Crippen LogP contribution in [0.25, 0.3) is 0 Å². The summed E-state index contributed by atoms with van der Waals surface area (Å²) in [6, 6.07) is 5.15. The van der Waals surface area contributed by atoms with Crippen LogP contribution in [0.5, 0.6) is 11.5 Å². The Morgan fingerprint density at radius 2 is 2.00 bits per heavy atom. The minimum absolute atomic E-state index is 0.147. The van der Waals surface area contributed by atoms with Crippen LogP contribution in [0, 0.1) is 16.0 Å². The van der Waals surface area contributed by atoms with E-state index in [0.717, 1.165) is 0 Å². The fourth-order valence-electron chi connectivity index (χ4n) is 3.24. The third kappa shape index (κ3) is 4.48. The first kappa shape index (κ1) is 20.6. The van der Waals surface area contributed by atoms with Gasteiger partial charge in [0.1, 0.15) is 17.8 Å². The number of aromatic nitrogens is 2. The van der Waals surface area contributed by atoms with Gasteiger partial charge in [0.25, 0.3) is 0 Å². The number of anilines is 2. The van der Waals surface area contributed by atoms with Crippen LogP contribution in [0.2, 0.25) is 5.15 Å². The molecular weight excluding hydrogens is 402 g/mol. The molecule has 29 heavy (non-hydrogen) atoms. The highest BCUT2D eigenvalue weighted by atomic mass is 35.5. The molecule has 0 unspecified atom stereocenters. The summed E-state index contributed by atoms with van der Waals surface area (Å²) in [4.78, 5) is 32.9. The van der Waals surface area contributed by atoms with Gasteiger partial charge in [-0.1, -0.05) is 11.6 Å². The van der Waals surface area contributed by atoms with Crippen LogP contribution < -0.4 is 19.7 Å². The van der Waals surface area contributed by atoms with E-state index in [9.17, 15) is 14.9 Å². The molecule has 2 aromatic rings. The van der Waals surface area contributed by atoms with Crippen molar-refractivity contribution in [3.05, 3.63) is 39.8 Å². The molecule has 1 aliphatic rings. The Morgan fingerprint density at radius 1 is 1.28 bits per heavy atom. The molecule has 2 heterocycles. The number of rotatable bonds is 6. The highest BCUT2D eigenvalue weighted by molar-refractivity contribution is 6.31. The van der Waals surface area contributed by atoms with Crippen molar-refractivity contribution in [2.45, 2.75) is 12.8 Å². The molecule has 10 nitrogen and oxygen atoms in total. The second kappa shape index (κ2) is 8.91. The Kier molecular flexibility index (Phi) is 6.32. The molecule has 154 valence electrons. The number of methoxy groups -OCH3 is 2. The van der Waals surface area contributed by atoms with Crippen molar-refractivity contribution in [2.24, 2.45) is 5.92 Å². The van der Waals surface area contributed by atoms with E-state index in [1.165, 1.54) is 13.4 Å². The molecule has 1 amide bonds. The number of amides is 1. The molecular formula is C18H20ClN5O5. The van der Waals surface area contributed by atoms with Gasteiger partial charge >= 0.3 is 5.69 Å². The van der Waals surface area contributed by atoms with Crippen molar-refractivity contribution >= 4 is 34.7 Å². The fraction of sp³-hybridized carbons (Fsp3) is 0.389. The summed E-state index contributed by atoms with van der Waals surface area (Å²) in [7, 11) is 3.07. The van der Waals surface area contributed by atoms with E-state index < -0.39 is 4.92 Å². The molecule has 3 rings (SSSR count). The third-order valence-corrected chi connectivity index (χ3v) is 5.05. The molecule has 1 aliphatic heterocycles. The Labute approximate surface area is 171 Å². The van der Waals surface area contributed by atoms with Crippen molar-refractivity contribution < 1.29 is 19.2 Å². The zero-order chi connectivity index (χ0) is 21.0. The van der Waals surface area contributed by atoms with Crippen molar-refractivity contribution in [3.8, 4) is 11.5 Å². The van der Waals surface area contributed by atoms with E-state index in [0.29, 0.717) is 43.1 Å². The summed E-state index contributed by atoms with van der Waals surface area (Å²) in [6.45, 7) is 0.864. The maximum atomic E-state index is 12.7. The van der Waals surface area contributed by atoms with Crippen LogP contribution in [-0.2, 0) is 4.79 Å². The number of nitrogens with zero attached hydrogens (tertiary/aromatic N) is 4. The number of ether oxygens (including phenoxy) is 2. The molecule has 0 aliphatic carbocycles. The predicted molar refractivity (Wildman–Crippen MR) is 107 cm³/mol. The Balaban J connectivity index is 1.68. The second-order valence-electron chi connectivity index (χ2n) is 6.41. The van der Waals surface area contributed by atoms with Crippen molar-refractivity contribution in [3.63, 3.8) is 0 Å². The molecule has 1 saturated heterocycles. The lowest BCUT2D eigenvalue weighted by molar-refractivity contribution is -0.384. The average Bonchev–Trinajstić information content (AvgIpc) is 2.73. The number of nitrogens with one attached hydrogen (secondary N) is 1. The molecule has 0 bridgehead atoms. The van der Waals surface area contributed by atoms with Crippen LogP contribution >= 0.6 is 11.6 Å². The first-order chi connectivity index (χ1) is 13.9. The van der Waals surface area contributed by atoms with Gasteiger partial charge in [0.15, 0.2) is 0 Å². The van der Waals surface area contributed by atoms with E-state index in [2.05, 4.69) is 15.3 Å². The number of hydrogen-bond acceptors (Lipinski definition) is 8. The zero-order valence-electron chi connectivity index (χ0n) is 15.9. The SMILES string of the molecule is COc1ccc(OC)c(NC(=O)C2CCN(c3ncnc(Cl)c3[N+](=O)[O-])CC2)c1. The number of carbonyl (C=O) groups excluding carboxylic acids is 1. The Bertz CT molecular complexity index is 918. The quantitative estimate of drug-likeness (QED) is 0.429. The molecule has 11 heteroatoms. The van der Waals surface area contributed by atoms with E-state index in [1.807, 2.05) is 0 Å². The maximum Gasteiger partial charge on any atom is 0.348 e. The summed E-state index contributed by atoms with van der Waals surface area (Å²) in [5.41, 5.74) is 0.204. The van der Waals surface area contributed by atoms with Gasteiger partial charge in [-0.05, 0) is 25.0 Å². The van der Waals surface area contributed by atoms with Gasteiger partial charge in [-0.3, -0.25) is 14.9 Å². The number of nitro groups is 1. The first-order valence-corrected chi connectivity index (χ1v) is 9.25. The average molecular weight is 422 g/mol. The molecule has 0 atom stereocenters. The van der Waals surface area contributed by atoms with Crippen molar-refractivity contribution in [2.75, 3.05) is 37.5 Å². The smallest absolute Gasteiger partial charge is 0.348 e. The van der Waals surface area contributed by atoms with E-state index >= 15 is 0 Å². The Hall–Kier alpha value is -3.14. The fourth-order valence-corrected chi connectivity index (χ4v) is 3.43. The van der Waals surface area contributed by atoms with Gasteiger partial charge in [0, 0.05) is 25.1 Å². The maximum absolute atomic E-state index is 12.7. The highest BCUT2D eigenvalue weighted by Gasteiger charge is 2.31. The van der Waals surface area contributed by atoms with Crippen LogP contribution in [0.15, 0.2) is 24.5 Å². The monoisotopic (exact) mass is 421 g/mol. The van der Waals surface area contributed by atoms with Gasteiger partial charge in [0.2, 0.25) is 16.9 Å². The lowest BCUT2D eigenvalue weighted by atomic mass is 9.95. The topological polar surface area (TPSA) is 120 Å². The Morgan fingerprint density at radius 3 is 2.62 bits per heavy atom. The summed E-state index contributed by atoms with van der Waals surface area (Å²) < 4.78 is 10.5. The number of hydrogen-bond donors (Lipinski definition) is 1. The molecule has 1 aromatic carbocycles. The second-order valence-corrected chi connectivity index (χ2v) is 6.77. The summed E-state index contributed by atoms with van der Waals surface area (Å²) in [6.07, 6.45) is 2.21. The first-order valence-electron chi connectivity index (χ1n) is 8.87. The normalized spacial score (nSPS) is 14.4. The van der Waals surface area contributed by atoms with Crippen LogP contribution in [0.4, 0.5) is 17.2 Å². The standard InChI is InChI=1S/C18H20ClN5O5/c1-28-12-3-4-14(29-2)13(9-12)22-18(25)11-5-7-23(8-6-11)17-15(24(26)27)16(19)20-10-21-17/h3-4,9-11H,5-8H2,1-2H3,(H,22,25). The van der Waals surface area contributed by atoms with Gasteiger partial charge in [-0.15, -0.1) is 0 Å². The number of piperidine rings is 1. The van der Waals surface area contributed by atoms with Gasteiger partial charge in [-0.25, -0.2) is 9.97 Å². The van der Waals surface area contributed by atoms with Crippen molar-refractivity contribution in [1.29, 1.82) is 0 Å². The summed E-state index contributed by atoms with van der Waals surface area (Å²) >= 11 is 5.86. The van der Waals surface area contributed by atoms with E-state index in [-0.39, 0.29) is 28.5 Å². The highest BCUT2D eigenvalue weighted by Crippen LogP contribution is 2.34. The predicted octanol–water partition coefficient (Wildman–Crippen LogP) is 2.91. The molecule has 1 fully saturated rings. The van der Waals surface area contributed by atoms with E-state index in [1.54, 1.807) is 30.2 Å².